The number of phosphoric acid groups is 1. The van der Waals surface area contributed by atoms with E-state index in [0.717, 1.165) is 16.7 Å². The molecule has 220 valence electrons. The Balaban J connectivity index is 0.00000323. The molecule has 0 aliphatic heterocycles. The van der Waals surface area contributed by atoms with Crippen LogP contribution in [0.1, 0.15) is 42.2 Å². The van der Waals surface area contributed by atoms with E-state index in [4.69, 9.17) is 23.5 Å². The van der Waals surface area contributed by atoms with Crippen LogP contribution in [0.4, 0.5) is 0 Å². The van der Waals surface area contributed by atoms with Crippen molar-refractivity contribution < 1.29 is 96.9 Å². The van der Waals surface area contributed by atoms with Gasteiger partial charge >= 0.3 is 59.1 Å². The Kier molecular flexibility index (Phi) is 14.3. The van der Waals surface area contributed by atoms with Gasteiger partial charge in [0.05, 0.1) is 36.3 Å². The van der Waals surface area contributed by atoms with Crippen molar-refractivity contribution in [3.05, 3.63) is 81.5 Å². The van der Waals surface area contributed by atoms with Gasteiger partial charge in [0.25, 0.3) is 0 Å². The monoisotopic (exact) mass is 629 g/mol. The zero-order chi connectivity index (χ0) is 29.9. The van der Waals surface area contributed by atoms with Gasteiger partial charge in [-0.05, 0) is 67.3 Å². The Labute approximate surface area is 296 Å². The quantitative estimate of drug-likeness (QED) is 0.178. The van der Waals surface area contributed by atoms with Crippen molar-refractivity contribution >= 4 is 7.82 Å². The van der Waals surface area contributed by atoms with Crippen LogP contribution in [0.2, 0.25) is 0 Å². The van der Waals surface area contributed by atoms with E-state index < -0.39 is 26.0 Å². The van der Waals surface area contributed by atoms with E-state index in [0.29, 0.717) is 41.2 Å². The predicted octanol–water partition coefficient (Wildman–Crippen LogP) is -2.35. The second kappa shape index (κ2) is 16.2. The Bertz CT molecular complexity index is 1500. The fourth-order valence-corrected chi connectivity index (χ4v) is 6.15. The maximum atomic E-state index is 13.2. The van der Waals surface area contributed by atoms with Gasteiger partial charge in [0.1, 0.15) is 6.10 Å². The topological polar surface area (TPSA) is 130 Å². The van der Waals surface area contributed by atoms with Gasteiger partial charge in [0.15, 0.2) is 17.2 Å². The van der Waals surface area contributed by atoms with Crippen LogP contribution >= 0.6 is 7.82 Å². The van der Waals surface area contributed by atoms with Crippen LogP contribution in [-0.4, -0.2) is 46.4 Å². The van der Waals surface area contributed by atoms with Crippen LogP contribution < -0.4 is 93.3 Å². The van der Waals surface area contributed by atoms with E-state index in [1.165, 1.54) is 20.3 Å². The maximum absolute atomic E-state index is 13.2. The van der Waals surface area contributed by atoms with Crippen molar-refractivity contribution in [3.8, 4) is 34.1 Å². The average Bonchev–Trinajstić information content (AvgIpc) is 3.21. The summed E-state index contributed by atoms with van der Waals surface area (Å²) < 4.78 is 39.4. The Morgan fingerprint density at radius 3 is 2.07 bits per heavy atom. The van der Waals surface area contributed by atoms with Crippen LogP contribution in [0.5, 0.6) is 23.0 Å². The molecule has 0 fully saturated rings. The van der Waals surface area contributed by atoms with Gasteiger partial charge in [0, 0.05) is 17.6 Å². The Hall–Kier alpha value is -1.40. The molecule has 13 heteroatoms. The zero-order valence-corrected chi connectivity index (χ0v) is 30.8. The molecule has 3 atom stereocenters. The molecule has 0 amide bonds. The van der Waals surface area contributed by atoms with Gasteiger partial charge in [-0.25, -0.2) is 0 Å². The van der Waals surface area contributed by atoms with Crippen LogP contribution in [0.3, 0.4) is 0 Å². The summed E-state index contributed by atoms with van der Waals surface area (Å²) in [4.78, 5) is 38.8. The number of rotatable bonds is 10. The van der Waals surface area contributed by atoms with Crippen molar-refractivity contribution in [1.29, 1.82) is 0 Å². The molecule has 1 aliphatic carbocycles. The molecule has 0 aromatic heterocycles. The molecule has 0 bridgehead atoms. The molecule has 43 heavy (non-hydrogen) atoms. The molecule has 10 nitrogen and oxygen atoms in total. The van der Waals surface area contributed by atoms with E-state index in [9.17, 15) is 19.1 Å². The number of nitrogens with zero attached hydrogens (tertiary/aromatic N) is 1. The first-order chi connectivity index (χ1) is 19.5. The molecular formula is C30H34NNa2O9P. The summed E-state index contributed by atoms with van der Waals surface area (Å²) in [5.74, 6) is 1.55. The van der Waals surface area contributed by atoms with Crippen molar-refractivity contribution in [2.75, 3.05) is 35.5 Å². The van der Waals surface area contributed by atoms with Crippen molar-refractivity contribution in [1.82, 2.24) is 4.90 Å². The van der Waals surface area contributed by atoms with E-state index >= 15 is 0 Å². The van der Waals surface area contributed by atoms with Gasteiger partial charge in [-0.1, -0.05) is 36.4 Å². The van der Waals surface area contributed by atoms with Gasteiger partial charge in [-0.2, -0.15) is 0 Å². The number of likely N-dealkylation sites (N-methyl/N-ethyl adjacent to an activating group) is 1. The molecule has 0 radical (unpaired) electrons. The fraction of sp³-hybridized carbons (Fsp3) is 0.367. The van der Waals surface area contributed by atoms with Gasteiger partial charge in [-0.3, -0.25) is 9.69 Å². The second-order valence-corrected chi connectivity index (χ2v) is 10.9. The minimum atomic E-state index is -5.34. The SMILES string of the molecule is COc1cc2c(c(OC)c1OC)-c1ccc(OC)c(=O)cc1[C@@H](N(C)[C@@H](C)[C@H](OP(=O)([O-])[O-])c1ccccc1)CC2.[Na+].[Na+]. The summed E-state index contributed by atoms with van der Waals surface area (Å²) in [7, 11) is 2.54. The number of ether oxygens (including phenoxy) is 4. The summed E-state index contributed by atoms with van der Waals surface area (Å²) in [6.07, 6.45) is 0.0272. The fourth-order valence-electron chi connectivity index (χ4n) is 5.58. The predicted molar refractivity (Wildman–Crippen MR) is 151 cm³/mol. The third-order valence-electron chi connectivity index (χ3n) is 7.63. The third-order valence-corrected chi connectivity index (χ3v) is 8.12. The molecule has 4 rings (SSSR count). The Morgan fingerprint density at radius 1 is 0.884 bits per heavy atom. The van der Waals surface area contributed by atoms with Crippen LogP contribution in [0, 0.1) is 0 Å². The second-order valence-electron chi connectivity index (χ2n) is 9.80. The summed E-state index contributed by atoms with van der Waals surface area (Å²) in [5, 5.41) is 0. The first kappa shape index (κ1) is 37.8. The summed E-state index contributed by atoms with van der Waals surface area (Å²) in [6.45, 7) is 1.79. The summed E-state index contributed by atoms with van der Waals surface area (Å²) >= 11 is 0. The molecule has 0 spiro atoms. The number of hydrogen-bond donors (Lipinski definition) is 0. The van der Waals surface area contributed by atoms with Crippen LogP contribution in [0.25, 0.3) is 11.1 Å². The van der Waals surface area contributed by atoms with Crippen molar-refractivity contribution in [3.63, 3.8) is 0 Å². The largest absolute Gasteiger partial charge is 1.00 e. The molecule has 0 unspecified atom stereocenters. The van der Waals surface area contributed by atoms with Crippen molar-refractivity contribution in [2.24, 2.45) is 0 Å². The van der Waals surface area contributed by atoms with Crippen molar-refractivity contribution in [2.45, 2.75) is 38.0 Å². The molecule has 1 aliphatic rings. The van der Waals surface area contributed by atoms with Crippen LogP contribution in [-0.2, 0) is 15.5 Å². The van der Waals surface area contributed by atoms with E-state index in [2.05, 4.69) is 0 Å². The minimum absolute atomic E-state index is 0. The van der Waals surface area contributed by atoms with Gasteiger partial charge < -0.3 is 37.8 Å². The normalized spacial score (nSPS) is 15.4. The minimum Gasteiger partial charge on any atom is -0.790 e. The molecule has 0 N–H and O–H groups in total. The maximum Gasteiger partial charge on any atom is 1.00 e. The zero-order valence-electron chi connectivity index (χ0n) is 25.9. The standard InChI is InChI=1S/C30H36NO9P.2Na/c1-18(28(40-41(33,34)35)19-10-8-7-9-11-19)31(2)23-14-12-20-16-26(37-4)29(38-5)30(39-6)27(20)21-13-15-25(36-3)24(32)17-22(21)23;;/h7-11,13,15-18,23,28H,12,14H2,1-6H3,(H2,33,34,35);;/q;2*+1/p-2/t18-,23-,28-;;/m0../s1. The number of hydrogen-bond acceptors (Lipinski definition) is 10. The number of fused-ring (bicyclic) bond motifs is 3. The third kappa shape index (κ3) is 8.26. The van der Waals surface area contributed by atoms with Gasteiger partial charge in [0.2, 0.25) is 11.2 Å². The first-order valence-corrected chi connectivity index (χ1v) is 14.5. The molecule has 0 saturated carbocycles. The van der Waals surface area contributed by atoms with Gasteiger partial charge in [-0.15, -0.1) is 0 Å². The number of aryl methyl sites for hydroxylation is 1. The molecule has 3 aromatic rings. The summed E-state index contributed by atoms with van der Waals surface area (Å²) in [6, 6.07) is 14.6. The van der Waals surface area contributed by atoms with E-state index in [-0.39, 0.29) is 70.3 Å². The molecular weight excluding hydrogens is 595 g/mol. The first-order valence-electron chi connectivity index (χ1n) is 13.1. The van der Waals surface area contributed by atoms with Crippen LogP contribution in [0.15, 0.2) is 59.4 Å². The summed E-state index contributed by atoms with van der Waals surface area (Å²) in [5.41, 5.74) is 3.28. The molecule has 0 heterocycles. The average molecular weight is 630 g/mol. The molecule has 0 saturated heterocycles. The molecule has 3 aromatic carbocycles. The number of methoxy groups -OCH3 is 4. The van der Waals surface area contributed by atoms with E-state index in [1.54, 1.807) is 57.5 Å². The number of benzene rings is 2. The van der Waals surface area contributed by atoms with E-state index in [1.807, 2.05) is 24.1 Å². The Morgan fingerprint density at radius 2 is 1.51 bits per heavy atom. The number of phosphoric ester groups is 1. The smallest absolute Gasteiger partial charge is 0.790 e.